The first-order chi connectivity index (χ1) is 8.74. The third-order valence-corrected chi connectivity index (χ3v) is 4.25. The molecule has 0 nitrogen and oxygen atoms in total. The zero-order valence-electron chi connectivity index (χ0n) is 9.79. The first-order valence-electron chi connectivity index (χ1n) is 5.96. The Balaban J connectivity index is 2.26. The highest BCUT2D eigenvalue weighted by molar-refractivity contribution is 9.10. The summed E-state index contributed by atoms with van der Waals surface area (Å²) in [6.45, 7) is 0. The second kappa shape index (κ2) is 5.02. The average molecular weight is 364 g/mol. The van der Waals surface area contributed by atoms with Gasteiger partial charge in [0, 0.05) is 8.95 Å². The Morgan fingerprint density at radius 1 is 0.667 bits per heavy atom. The molecular weight excluding hydrogens is 352 g/mol. The molecule has 2 aromatic rings. The summed E-state index contributed by atoms with van der Waals surface area (Å²) in [6.07, 6.45) is 6.53. The maximum absolute atomic E-state index is 3.56. The zero-order chi connectivity index (χ0) is 12.5. The van der Waals surface area contributed by atoms with Crippen LogP contribution in [0.3, 0.4) is 0 Å². The summed E-state index contributed by atoms with van der Waals surface area (Å²) in [5, 5.41) is 0. The maximum Gasteiger partial charge on any atom is 0.0178 e. The fourth-order valence-electron chi connectivity index (χ4n) is 2.41. The maximum atomic E-state index is 3.56. The van der Waals surface area contributed by atoms with E-state index in [1.54, 1.807) is 0 Å². The summed E-state index contributed by atoms with van der Waals surface area (Å²) in [5.74, 6) is 0. The molecule has 0 radical (unpaired) electrons. The van der Waals surface area contributed by atoms with Crippen molar-refractivity contribution >= 4 is 31.9 Å². The lowest BCUT2D eigenvalue weighted by Crippen LogP contribution is -1.96. The average Bonchev–Trinajstić information content (AvgIpc) is 2.33. The molecule has 0 saturated heterocycles. The highest BCUT2D eigenvalue weighted by atomic mass is 79.9. The molecule has 90 valence electrons. The lowest BCUT2D eigenvalue weighted by molar-refractivity contribution is 1.17. The van der Waals surface area contributed by atoms with Gasteiger partial charge < -0.3 is 0 Å². The monoisotopic (exact) mass is 362 g/mol. The smallest absolute Gasteiger partial charge is 0.0178 e. The van der Waals surface area contributed by atoms with Crippen LogP contribution in [0.25, 0.3) is 11.1 Å². The summed E-state index contributed by atoms with van der Waals surface area (Å²) in [7, 11) is 0. The van der Waals surface area contributed by atoms with E-state index < -0.39 is 0 Å². The predicted molar refractivity (Wildman–Crippen MR) is 83.8 cm³/mol. The summed E-state index contributed by atoms with van der Waals surface area (Å²) < 4.78 is 2.29. The minimum Gasteiger partial charge on any atom is -0.0838 e. The van der Waals surface area contributed by atoms with E-state index >= 15 is 0 Å². The van der Waals surface area contributed by atoms with Gasteiger partial charge in [0.05, 0.1) is 0 Å². The lowest BCUT2D eigenvalue weighted by Gasteiger charge is -2.15. The summed E-state index contributed by atoms with van der Waals surface area (Å²) in [4.78, 5) is 0. The second-order valence-electron chi connectivity index (χ2n) is 4.48. The van der Waals surface area contributed by atoms with E-state index in [2.05, 4.69) is 80.4 Å². The van der Waals surface area contributed by atoms with E-state index in [1.807, 2.05) is 0 Å². The Morgan fingerprint density at radius 3 is 1.56 bits per heavy atom. The van der Waals surface area contributed by atoms with Crippen LogP contribution in [0, 0.1) is 0 Å². The van der Waals surface area contributed by atoms with Crippen molar-refractivity contribution in [2.24, 2.45) is 0 Å². The Bertz CT molecular complexity index is 571. The van der Waals surface area contributed by atoms with Gasteiger partial charge in [-0.3, -0.25) is 0 Å². The van der Waals surface area contributed by atoms with Crippen LogP contribution >= 0.6 is 31.9 Å². The molecule has 3 rings (SSSR count). The Hall–Kier alpha value is -0.860. The standard InChI is InChI=1S/C16H12Br2/c17-13-5-7-15-11(9-13)3-1-2-4-12-10-14(18)6-8-16(12)15/h1-2,5-10H,3-4H2/b2-1-. The fourth-order valence-corrected chi connectivity index (χ4v) is 3.23. The third-order valence-electron chi connectivity index (χ3n) is 3.27. The van der Waals surface area contributed by atoms with Crippen molar-refractivity contribution in [3.63, 3.8) is 0 Å². The Morgan fingerprint density at radius 2 is 1.11 bits per heavy atom. The van der Waals surface area contributed by atoms with Gasteiger partial charge in [-0.05, 0) is 59.4 Å². The highest BCUT2D eigenvalue weighted by Crippen LogP contribution is 2.33. The summed E-state index contributed by atoms with van der Waals surface area (Å²) in [6, 6.07) is 13.1. The molecule has 1 aliphatic rings. The molecule has 0 aromatic heterocycles. The molecule has 2 heteroatoms. The Kier molecular flexibility index (Phi) is 3.40. The van der Waals surface area contributed by atoms with Crippen LogP contribution in [-0.4, -0.2) is 0 Å². The zero-order valence-corrected chi connectivity index (χ0v) is 13.0. The van der Waals surface area contributed by atoms with Gasteiger partial charge in [-0.25, -0.2) is 0 Å². The van der Waals surface area contributed by atoms with E-state index in [4.69, 9.17) is 0 Å². The molecule has 0 aliphatic heterocycles. The topological polar surface area (TPSA) is 0 Å². The largest absolute Gasteiger partial charge is 0.0838 e. The minimum atomic E-state index is 1.00. The summed E-state index contributed by atoms with van der Waals surface area (Å²) in [5.41, 5.74) is 5.46. The van der Waals surface area contributed by atoms with Crippen molar-refractivity contribution in [3.05, 3.63) is 68.6 Å². The molecule has 0 saturated carbocycles. The third kappa shape index (κ3) is 2.32. The van der Waals surface area contributed by atoms with Crippen molar-refractivity contribution in [1.82, 2.24) is 0 Å². The molecule has 0 fully saturated rings. The van der Waals surface area contributed by atoms with E-state index in [0.717, 1.165) is 21.8 Å². The van der Waals surface area contributed by atoms with Crippen LogP contribution < -0.4 is 0 Å². The van der Waals surface area contributed by atoms with Crippen molar-refractivity contribution in [1.29, 1.82) is 0 Å². The Labute approximate surface area is 124 Å². The van der Waals surface area contributed by atoms with Gasteiger partial charge in [-0.15, -0.1) is 0 Å². The first-order valence-corrected chi connectivity index (χ1v) is 7.55. The van der Waals surface area contributed by atoms with Gasteiger partial charge >= 0.3 is 0 Å². The lowest BCUT2D eigenvalue weighted by atomic mass is 9.91. The number of allylic oxidation sites excluding steroid dienone is 2. The number of rotatable bonds is 0. The van der Waals surface area contributed by atoms with Gasteiger partial charge in [0.25, 0.3) is 0 Å². The molecule has 0 spiro atoms. The molecule has 18 heavy (non-hydrogen) atoms. The first kappa shape index (κ1) is 12.2. The van der Waals surface area contributed by atoms with Gasteiger partial charge in [0.15, 0.2) is 0 Å². The van der Waals surface area contributed by atoms with Crippen LogP contribution in [0.15, 0.2) is 57.5 Å². The SMILES string of the molecule is Brc1ccc2c(c1)C/C=C\Cc1cc(Br)ccc1-2. The van der Waals surface area contributed by atoms with E-state index in [-0.39, 0.29) is 0 Å². The van der Waals surface area contributed by atoms with E-state index in [0.29, 0.717) is 0 Å². The molecule has 1 aliphatic carbocycles. The summed E-state index contributed by atoms with van der Waals surface area (Å²) >= 11 is 7.11. The number of hydrogen-bond donors (Lipinski definition) is 0. The quantitative estimate of drug-likeness (QED) is 0.539. The van der Waals surface area contributed by atoms with Crippen LogP contribution in [0.4, 0.5) is 0 Å². The molecular formula is C16H12Br2. The van der Waals surface area contributed by atoms with Gasteiger partial charge in [-0.2, -0.15) is 0 Å². The normalized spacial score (nSPS) is 15.2. The number of hydrogen-bond acceptors (Lipinski definition) is 0. The molecule has 0 N–H and O–H groups in total. The van der Waals surface area contributed by atoms with Crippen LogP contribution in [0.1, 0.15) is 11.1 Å². The van der Waals surface area contributed by atoms with Gasteiger partial charge in [-0.1, -0.05) is 56.1 Å². The van der Waals surface area contributed by atoms with Gasteiger partial charge in [0.1, 0.15) is 0 Å². The molecule has 0 bridgehead atoms. The van der Waals surface area contributed by atoms with Crippen LogP contribution in [0.5, 0.6) is 0 Å². The number of fused-ring (bicyclic) bond motifs is 3. The molecule has 0 heterocycles. The van der Waals surface area contributed by atoms with Crippen molar-refractivity contribution in [3.8, 4) is 11.1 Å². The highest BCUT2D eigenvalue weighted by Gasteiger charge is 2.11. The predicted octanol–water partition coefficient (Wildman–Crippen LogP) is 5.53. The molecule has 2 aromatic carbocycles. The van der Waals surface area contributed by atoms with Gasteiger partial charge in [0.2, 0.25) is 0 Å². The van der Waals surface area contributed by atoms with E-state index in [1.165, 1.54) is 22.3 Å². The number of halogens is 2. The minimum absolute atomic E-state index is 1.00. The molecule has 0 atom stereocenters. The van der Waals surface area contributed by atoms with E-state index in [9.17, 15) is 0 Å². The van der Waals surface area contributed by atoms with Crippen LogP contribution in [0.2, 0.25) is 0 Å². The van der Waals surface area contributed by atoms with Crippen molar-refractivity contribution < 1.29 is 0 Å². The molecule has 0 unspecified atom stereocenters. The van der Waals surface area contributed by atoms with Crippen molar-refractivity contribution in [2.75, 3.05) is 0 Å². The van der Waals surface area contributed by atoms with Crippen molar-refractivity contribution in [2.45, 2.75) is 12.8 Å². The van der Waals surface area contributed by atoms with Crippen LogP contribution in [-0.2, 0) is 12.8 Å². The molecule has 0 amide bonds. The second-order valence-corrected chi connectivity index (χ2v) is 6.31. The fraction of sp³-hybridized carbons (Fsp3) is 0.125. The number of benzene rings is 2.